The van der Waals surface area contributed by atoms with Crippen molar-refractivity contribution in [3.8, 4) is 22.4 Å². The molecule has 0 unspecified atom stereocenters. The number of amides is 2. The van der Waals surface area contributed by atoms with E-state index in [1.54, 1.807) is 56.3 Å². The fourth-order valence-electron chi connectivity index (χ4n) is 3.93. The minimum atomic E-state index is -4.68. The number of carbonyl (C=O) groups excluding carboxylic acids is 2. The van der Waals surface area contributed by atoms with Crippen molar-refractivity contribution in [3.63, 3.8) is 0 Å². The van der Waals surface area contributed by atoms with Crippen molar-refractivity contribution >= 4 is 23.3 Å². The Morgan fingerprint density at radius 1 is 0.850 bits per heavy atom. The van der Waals surface area contributed by atoms with Gasteiger partial charge in [-0.2, -0.15) is 13.2 Å². The molecule has 3 N–H and O–H groups in total. The van der Waals surface area contributed by atoms with Gasteiger partial charge in [-0.1, -0.05) is 6.07 Å². The van der Waals surface area contributed by atoms with E-state index in [1.807, 2.05) is 6.92 Å². The van der Waals surface area contributed by atoms with Gasteiger partial charge in [0.1, 0.15) is 17.1 Å². The van der Waals surface area contributed by atoms with Gasteiger partial charge in [0.15, 0.2) is 0 Å². The lowest BCUT2D eigenvalue weighted by molar-refractivity contribution is -0.141. The van der Waals surface area contributed by atoms with Crippen molar-refractivity contribution < 1.29 is 27.9 Å². The Morgan fingerprint density at radius 3 is 2.25 bits per heavy atom. The van der Waals surface area contributed by atoms with Crippen LogP contribution in [0.5, 0.6) is 0 Å². The fourth-order valence-corrected chi connectivity index (χ4v) is 3.93. The molecule has 0 aliphatic heterocycles. The van der Waals surface area contributed by atoms with E-state index >= 15 is 0 Å². The second-order valence-corrected chi connectivity index (χ2v) is 9.71. The first-order chi connectivity index (χ1) is 18.7. The molecule has 1 aromatic carbocycles. The highest BCUT2D eigenvalue weighted by molar-refractivity contribution is 6.04. The van der Waals surface area contributed by atoms with Crippen LogP contribution in [0.4, 0.5) is 24.7 Å². The number of hydrogen-bond acceptors (Lipinski definition) is 6. The quantitative estimate of drug-likeness (QED) is 0.273. The topological polar surface area (TPSA) is 117 Å². The molecule has 4 rings (SSSR count). The Morgan fingerprint density at radius 2 is 1.57 bits per heavy atom. The van der Waals surface area contributed by atoms with Crippen molar-refractivity contribution in [3.05, 3.63) is 89.5 Å². The molecule has 0 fully saturated rings. The molecule has 3 aromatic heterocycles. The van der Waals surface area contributed by atoms with Crippen LogP contribution in [0.15, 0.2) is 67.0 Å². The predicted octanol–water partition coefficient (Wildman–Crippen LogP) is 5.97. The van der Waals surface area contributed by atoms with Gasteiger partial charge < -0.3 is 15.7 Å². The summed E-state index contributed by atoms with van der Waals surface area (Å²) in [5.41, 5.74) is 1.47. The Bertz CT molecular complexity index is 1600. The van der Waals surface area contributed by atoms with Crippen LogP contribution in [-0.2, 0) is 16.6 Å². The summed E-state index contributed by atoms with van der Waals surface area (Å²) in [6.45, 7) is 6.44. The Kier molecular flexibility index (Phi) is 7.70. The first-order valence-electron chi connectivity index (χ1n) is 12.2. The first-order valence-corrected chi connectivity index (χ1v) is 12.2. The molecular weight excluding hydrogens is 523 g/mol. The van der Waals surface area contributed by atoms with Gasteiger partial charge in [-0.05, 0) is 86.0 Å². The van der Waals surface area contributed by atoms with Crippen molar-refractivity contribution in [1.82, 2.24) is 15.0 Å². The highest BCUT2D eigenvalue weighted by Gasteiger charge is 2.33. The van der Waals surface area contributed by atoms with Gasteiger partial charge in [0.2, 0.25) is 5.91 Å². The van der Waals surface area contributed by atoms with Crippen LogP contribution >= 0.6 is 0 Å². The minimum absolute atomic E-state index is 0.187. The summed E-state index contributed by atoms with van der Waals surface area (Å²) in [6.07, 6.45) is -2.21. The maximum Gasteiger partial charge on any atom is 0.433 e. The highest BCUT2D eigenvalue weighted by Crippen LogP contribution is 2.34. The number of nitrogens with one attached hydrogen (secondary N) is 2. The fraction of sp³-hybridized carbons (Fsp3) is 0.207. The second-order valence-electron chi connectivity index (χ2n) is 9.71. The third-order valence-electron chi connectivity index (χ3n) is 5.93. The lowest BCUT2D eigenvalue weighted by atomic mass is 9.94. The normalized spacial score (nSPS) is 11.7. The van der Waals surface area contributed by atoms with E-state index in [0.29, 0.717) is 45.6 Å². The van der Waals surface area contributed by atoms with Crippen LogP contribution in [0.1, 0.15) is 48.1 Å². The predicted molar refractivity (Wildman–Crippen MR) is 144 cm³/mol. The van der Waals surface area contributed by atoms with Gasteiger partial charge in [0, 0.05) is 36.1 Å². The number of nitrogens with zero attached hydrogens (tertiary/aromatic N) is 3. The second kappa shape index (κ2) is 10.9. The summed E-state index contributed by atoms with van der Waals surface area (Å²) < 4.78 is 39.2. The number of carbonyl (C=O) groups is 2. The molecule has 0 spiro atoms. The van der Waals surface area contributed by atoms with Crippen LogP contribution in [-0.4, -0.2) is 31.9 Å². The number of hydrogen-bond donors (Lipinski definition) is 3. The van der Waals surface area contributed by atoms with Gasteiger partial charge in [-0.15, -0.1) is 0 Å². The number of aryl methyl sites for hydroxylation is 1. The lowest BCUT2D eigenvalue weighted by Gasteiger charge is -2.20. The van der Waals surface area contributed by atoms with E-state index in [0.717, 1.165) is 11.8 Å². The molecule has 3 heterocycles. The van der Waals surface area contributed by atoms with Gasteiger partial charge in [0.25, 0.3) is 5.91 Å². The molecule has 8 nitrogen and oxygen atoms in total. The minimum Gasteiger partial charge on any atom is -0.384 e. The van der Waals surface area contributed by atoms with Crippen LogP contribution in [0, 0.1) is 6.92 Å². The summed E-state index contributed by atoms with van der Waals surface area (Å²) in [7, 11) is 0. The zero-order chi connectivity index (χ0) is 29.2. The maximum absolute atomic E-state index is 13.1. The molecular formula is C29H26F3N5O3. The summed E-state index contributed by atoms with van der Waals surface area (Å²) in [6, 6.07) is 13.9. The molecule has 2 amide bonds. The van der Waals surface area contributed by atoms with Crippen molar-refractivity contribution in [2.45, 2.75) is 39.5 Å². The van der Waals surface area contributed by atoms with Crippen LogP contribution < -0.4 is 10.6 Å². The number of pyridine rings is 3. The van der Waals surface area contributed by atoms with Crippen molar-refractivity contribution in [2.75, 3.05) is 10.6 Å². The van der Waals surface area contributed by atoms with Crippen molar-refractivity contribution in [2.24, 2.45) is 0 Å². The first kappa shape index (κ1) is 28.4. The summed E-state index contributed by atoms with van der Waals surface area (Å²) >= 11 is 0. The monoisotopic (exact) mass is 549 g/mol. The third-order valence-corrected chi connectivity index (χ3v) is 5.93. The third kappa shape index (κ3) is 6.67. The lowest BCUT2D eigenvalue weighted by Crippen LogP contribution is -2.18. The number of aromatic nitrogens is 3. The average Bonchev–Trinajstić information content (AvgIpc) is 2.88. The van der Waals surface area contributed by atoms with Crippen LogP contribution in [0.25, 0.3) is 22.4 Å². The molecule has 0 aliphatic rings. The molecule has 0 saturated carbocycles. The SMILES string of the molecule is CC(=O)Nc1cc(-c2cc(-c3cc(NC(=O)c4ccnc(C(F)(F)F)c4)ccc3C)cc(C(C)(C)O)n2)ccn1. The summed E-state index contributed by atoms with van der Waals surface area (Å²) in [4.78, 5) is 36.3. The molecule has 4 aromatic rings. The van der Waals surface area contributed by atoms with E-state index in [9.17, 15) is 27.9 Å². The van der Waals surface area contributed by atoms with Gasteiger partial charge in [-0.25, -0.2) is 9.97 Å². The number of anilines is 2. The molecule has 0 radical (unpaired) electrons. The Hall–Kier alpha value is -4.64. The van der Waals surface area contributed by atoms with Crippen LogP contribution in [0.2, 0.25) is 0 Å². The molecule has 0 aliphatic carbocycles. The Balaban J connectivity index is 1.74. The number of halogens is 3. The number of benzene rings is 1. The van der Waals surface area contributed by atoms with Gasteiger partial charge in [-0.3, -0.25) is 14.6 Å². The zero-order valence-electron chi connectivity index (χ0n) is 22.1. The molecule has 11 heteroatoms. The number of aliphatic hydroxyl groups is 1. The smallest absolute Gasteiger partial charge is 0.384 e. The van der Waals surface area contributed by atoms with Gasteiger partial charge in [0.05, 0.1) is 11.4 Å². The highest BCUT2D eigenvalue weighted by atomic mass is 19.4. The number of rotatable bonds is 6. The van der Waals surface area contributed by atoms with E-state index in [-0.39, 0.29) is 11.5 Å². The van der Waals surface area contributed by atoms with Crippen LogP contribution in [0.3, 0.4) is 0 Å². The average molecular weight is 550 g/mol. The largest absolute Gasteiger partial charge is 0.433 e. The maximum atomic E-state index is 13.1. The molecule has 40 heavy (non-hydrogen) atoms. The Labute approximate surface area is 228 Å². The standard InChI is InChI=1S/C29H26F3N5O3/c1-16-5-6-21(36-27(39)19-8-9-33-25(12-19)29(30,31)32)15-22(16)20-11-23(37-24(13-20)28(3,4)40)18-7-10-34-26(14-18)35-17(2)38/h5-15,40H,1-4H3,(H,36,39)(H,34,35,38). The molecule has 206 valence electrons. The summed E-state index contributed by atoms with van der Waals surface area (Å²) in [5.74, 6) is -0.662. The van der Waals surface area contributed by atoms with E-state index in [2.05, 4.69) is 25.6 Å². The summed E-state index contributed by atoms with van der Waals surface area (Å²) in [5, 5.41) is 16.1. The number of alkyl halides is 3. The van der Waals surface area contributed by atoms with E-state index in [4.69, 9.17) is 0 Å². The zero-order valence-corrected chi connectivity index (χ0v) is 22.1. The van der Waals surface area contributed by atoms with E-state index in [1.165, 1.54) is 19.2 Å². The van der Waals surface area contributed by atoms with Gasteiger partial charge >= 0.3 is 6.18 Å². The molecule has 0 saturated heterocycles. The molecule has 0 bridgehead atoms. The van der Waals surface area contributed by atoms with E-state index < -0.39 is 23.4 Å². The van der Waals surface area contributed by atoms with Crippen molar-refractivity contribution in [1.29, 1.82) is 0 Å². The molecule has 0 atom stereocenters.